The molecule has 1 aliphatic heterocycles. The predicted molar refractivity (Wildman–Crippen MR) is 109 cm³/mol. The van der Waals surface area contributed by atoms with Crippen molar-refractivity contribution in [1.29, 1.82) is 0 Å². The van der Waals surface area contributed by atoms with Crippen LogP contribution in [0.3, 0.4) is 0 Å². The van der Waals surface area contributed by atoms with Crippen molar-refractivity contribution in [3.8, 4) is 0 Å². The number of morpholine rings is 1. The molecule has 1 unspecified atom stereocenters. The lowest BCUT2D eigenvalue weighted by atomic mass is 10.0. The van der Waals surface area contributed by atoms with Crippen molar-refractivity contribution in [3.05, 3.63) is 59.1 Å². The zero-order valence-corrected chi connectivity index (χ0v) is 17.0. The third-order valence-corrected chi connectivity index (χ3v) is 6.94. The van der Waals surface area contributed by atoms with Crippen LogP contribution in [-0.4, -0.2) is 51.9 Å². The first-order chi connectivity index (χ1) is 13.0. The first-order valence-corrected chi connectivity index (χ1v) is 11.2. The lowest BCUT2D eigenvalue weighted by molar-refractivity contribution is 0.0187. The smallest absolute Gasteiger partial charge is 0.178 e. The van der Waals surface area contributed by atoms with Gasteiger partial charge in [-0.15, -0.1) is 0 Å². The summed E-state index contributed by atoms with van der Waals surface area (Å²) in [5.74, 6) is 0.103. The van der Waals surface area contributed by atoms with Crippen LogP contribution >= 0.6 is 11.6 Å². The highest BCUT2D eigenvalue weighted by atomic mass is 35.5. The van der Waals surface area contributed by atoms with Crippen molar-refractivity contribution in [2.24, 2.45) is 0 Å². The minimum Gasteiger partial charge on any atom is -0.383 e. The number of sulfone groups is 1. The Bertz CT molecular complexity index is 850. The first kappa shape index (κ1) is 20.1. The van der Waals surface area contributed by atoms with Crippen molar-refractivity contribution in [2.45, 2.75) is 17.9 Å². The molecule has 0 amide bonds. The summed E-state index contributed by atoms with van der Waals surface area (Å²) in [6.45, 7) is 5.45. The van der Waals surface area contributed by atoms with Gasteiger partial charge in [-0.05, 0) is 35.9 Å². The van der Waals surface area contributed by atoms with Crippen LogP contribution in [0.2, 0.25) is 5.02 Å². The molecule has 0 radical (unpaired) electrons. The van der Waals surface area contributed by atoms with E-state index in [4.69, 9.17) is 16.3 Å². The molecule has 0 saturated carbocycles. The fourth-order valence-electron chi connectivity index (χ4n) is 3.23. The van der Waals surface area contributed by atoms with Crippen LogP contribution in [0.5, 0.6) is 0 Å². The predicted octanol–water partition coefficient (Wildman–Crippen LogP) is 3.62. The zero-order chi connectivity index (χ0) is 19.3. The Morgan fingerprint density at radius 1 is 1.11 bits per heavy atom. The van der Waals surface area contributed by atoms with Crippen molar-refractivity contribution >= 4 is 27.1 Å². The highest BCUT2D eigenvalue weighted by Gasteiger charge is 2.24. The Morgan fingerprint density at radius 2 is 1.78 bits per heavy atom. The van der Waals surface area contributed by atoms with Gasteiger partial charge in [-0.1, -0.05) is 36.7 Å². The monoisotopic (exact) mass is 408 g/mol. The van der Waals surface area contributed by atoms with Crippen LogP contribution in [0, 0.1) is 0 Å². The van der Waals surface area contributed by atoms with Crippen LogP contribution in [0.15, 0.2) is 53.4 Å². The van der Waals surface area contributed by atoms with Crippen LogP contribution < -0.4 is 5.32 Å². The van der Waals surface area contributed by atoms with Gasteiger partial charge in [0.05, 0.1) is 29.9 Å². The van der Waals surface area contributed by atoms with Gasteiger partial charge in [0.15, 0.2) is 9.84 Å². The normalized spacial score (nSPS) is 16.8. The van der Waals surface area contributed by atoms with Crippen molar-refractivity contribution in [3.63, 3.8) is 0 Å². The minimum absolute atomic E-state index is 0.103. The SMILES string of the molecule is CCS(=O)(=O)c1ccc(NCC(c2ccccc2Cl)N2CCOCC2)cc1. The molecule has 1 saturated heterocycles. The number of ether oxygens (including phenoxy) is 1. The van der Waals surface area contributed by atoms with Crippen LogP contribution in [0.1, 0.15) is 18.5 Å². The lowest BCUT2D eigenvalue weighted by Gasteiger charge is -2.35. The molecule has 5 nitrogen and oxygen atoms in total. The van der Waals surface area contributed by atoms with E-state index in [1.54, 1.807) is 19.1 Å². The second-order valence-electron chi connectivity index (χ2n) is 6.49. The fraction of sp³-hybridized carbons (Fsp3) is 0.400. The third-order valence-electron chi connectivity index (χ3n) is 4.84. The molecule has 1 N–H and O–H groups in total. The molecule has 1 aliphatic rings. The van der Waals surface area contributed by atoms with Gasteiger partial charge >= 0.3 is 0 Å². The molecule has 0 aliphatic carbocycles. The number of hydrogen-bond acceptors (Lipinski definition) is 5. The van der Waals surface area contributed by atoms with Gasteiger partial charge in [-0.3, -0.25) is 4.90 Å². The molecule has 2 aromatic rings. The maximum absolute atomic E-state index is 12.0. The van der Waals surface area contributed by atoms with E-state index in [9.17, 15) is 8.42 Å². The fourth-order valence-corrected chi connectivity index (χ4v) is 4.38. The maximum Gasteiger partial charge on any atom is 0.178 e. The summed E-state index contributed by atoms with van der Waals surface area (Å²) in [7, 11) is -3.18. The quantitative estimate of drug-likeness (QED) is 0.758. The maximum atomic E-state index is 12.0. The molecule has 0 aromatic heterocycles. The molecule has 3 rings (SSSR count). The molecular weight excluding hydrogens is 384 g/mol. The van der Waals surface area contributed by atoms with Gasteiger partial charge in [0.2, 0.25) is 0 Å². The first-order valence-electron chi connectivity index (χ1n) is 9.14. The molecule has 0 spiro atoms. The number of hydrogen-bond donors (Lipinski definition) is 1. The second-order valence-corrected chi connectivity index (χ2v) is 9.18. The van der Waals surface area contributed by atoms with Crippen LogP contribution in [0.25, 0.3) is 0 Å². The third kappa shape index (κ3) is 5.02. The van der Waals surface area contributed by atoms with E-state index in [0.717, 1.165) is 29.4 Å². The summed E-state index contributed by atoms with van der Waals surface area (Å²) in [4.78, 5) is 2.72. The zero-order valence-electron chi connectivity index (χ0n) is 15.4. The molecule has 1 atom stereocenters. The van der Waals surface area contributed by atoms with Crippen molar-refractivity contribution in [2.75, 3.05) is 43.9 Å². The standard InChI is InChI=1S/C20H25ClN2O3S/c1-2-27(24,25)17-9-7-16(8-10-17)22-15-20(23-11-13-26-14-12-23)18-5-3-4-6-19(18)21/h3-10,20,22H,2,11-15H2,1H3. The summed E-state index contributed by atoms with van der Waals surface area (Å²) in [5, 5.41) is 4.18. The van der Waals surface area contributed by atoms with E-state index >= 15 is 0 Å². The largest absolute Gasteiger partial charge is 0.383 e. The molecule has 7 heteroatoms. The number of nitrogens with zero attached hydrogens (tertiary/aromatic N) is 1. The number of halogens is 1. The summed E-state index contributed by atoms with van der Waals surface area (Å²) in [5.41, 5.74) is 1.97. The molecule has 2 aromatic carbocycles. The Labute approximate surface area is 166 Å². The average Bonchev–Trinajstić information content (AvgIpc) is 2.70. The Balaban J connectivity index is 1.76. The van der Waals surface area contributed by atoms with Gasteiger partial charge in [0.25, 0.3) is 0 Å². The summed E-state index contributed by atoms with van der Waals surface area (Å²) >= 11 is 6.45. The van der Waals surface area contributed by atoms with E-state index < -0.39 is 9.84 Å². The molecule has 1 heterocycles. The number of benzene rings is 2. The molecule has 27 heavy (non-hydrogen) atoms. The minimum atomic E-state index is -3.18. The van der Waals surface area contributed by atoms with E-state index in [1.807, 2.05) is 30.3 Å². The van der Waals surface area contributed by atoms with E-state index in [2.05, 4.69) is 16.3 Å². The number of nitrogens with one attached hydrogen (secondary N) is 1. The Morgan fingerprint density at radius 3 is 2.41 bits per heavy atom. The molecule has 146 valence electrons. The lowest BCUT2D eigenvalue weighted by Crippen LogP contribution is -2.41. The summed E-state index contributed by atoms with van der Waals surface area (Å²) < 4.78 is 29.4. The van der Waals surface area contributed by atoms with Gasteiger partial charge in [0, 0.05) is 30.3 Å². The van der Waals surface area contributed by atoms with E-state index in [-0.39, 0.29) is 11.8 Å². The average molecular weight is 409 g/mol. The topological polar surface area (TPSA) is 58.6 Å². The summed E-state index contributed by atoms with van der Waals surface area (Å²) in [6, 6.07) is 14.9. The number of rotatable bonds is 7. The van der Waals surface area contributed by atoms with Gasteiger partial charge in [-0.2, -0.15) is 0 Å². The van der Waals surface area contributed by atoms with Crippen LogP contribution in [0.4, 0.5) is 5.69 Å². The molecular formula is C20H25ClN2O3S. The van der Waals surface area contributed by atoms with Crippen molar-refractivity contribution < 1.29 is 13.2 Å². The van der Waals surface area contributed by atoms with E-state index in [1.165, 1.54) is 0 Å². The highest BCUT2D eigenvalue weighted by molar-refractivity contribution is 7.91. The van der Waals surface area contributed by atoms with Gasteiger partial charge in [-0.25, -0.2) is 8.42 Å². The number of anilines is 1. The van der Waals surface area contributed by atoms with E-state index in [0.29, 0.717) is 24.7 Å². The van der Waals surface area contributed by atoms with Gasteiger partial charge < -0.3 is 10.1 Å². The Kier molecular flexibility index (Phi) is 6.76. The van der Waals surface area contributed by atoms with Gasteiger partial charge in [0.1, 0.15) is 0 Å². The molecule has 0 bridgehead atoms. The summed E-state index contributed by atoms with van der Waals surface area (Å²) in [6.07, 6.45) is 0. The highest BCUT2D eigenvalue weighted by Crippen LogP contribution is 2.29. The van der Waals surface area contributed by atoms with Crippen LogP contribution in [-0.2, 0) is 14.6 Å². The Hall–Kier alpha value is -1.60. The van der Waals surface area contributed by atoms with Crippen molar-refractivity contribution in [1.82, 2.24) is 4.90 Å². The molecule has 1 fully saturated rings. The second kappa shape index (κ2) is 9.06.